The molecule has 2 N–H and O–H groups in total. The van der Waals surface area contributed by atoms with Crippen LogP contribution in [-0.2, 0) is 4.79 Å². The van der Waals surface area contributed by atoms with Gasteiger partial charge in [0.2, 0.25) is 5.91 Å². The first kappa shape index (κ1) is 13.4. The van der Waals surface area contributed by atoms with Crippen LogP contribution in [0.25, 0.3) is 0 Å². The van der Waals surface area contributed by atoms with Crippen molar-refractivity contribution in [3.05, 3.63) is 35.9 Å². The Morgan fingerprint density at radius 3 is 2.44 bits per heavy atom. The minimum Gasteiger partial charge on any atom is -0.350 e. The van der Waals surface area contributed by atoms with Crippen molar-refractivity contribution >= 4 is 18.3 Å². The molecule has 2 fully saturated rings. The quantitative estimate of drug-likeness (QED) is 0.814. The second-order valence-corrected chi connectivity index (χ2v) is 5.12. The topological polar surface area (TPSA) is 41.1 Å². The SMILES string of the molecule is Cl.O=C1CC(c2ccccc2)C2(CCNCC2)N1. The molecule has 1 amide bonds. The molecule has 4 heteroatoms. The van der Waals surface area contributed by atoms with Gasteiger partial charge in [-0.15, -0.1) is 12.4 Å². The molecule has 98 valence electrons. The molecule has 0 aromatic heterocycles. The van der Waals surface area contributed by atoms with Crippen LogP contribution >= 0.6 is 12.4 Å². The number of hydrogen-bond donors (Lipinski definition) is 2. The number of hydrogen-bond acceptors (Lipinski definition) is 2. The summed E-state index contributed by atoms with van der Waals surface area (Å²) in [5, 5.41) is 6.61. The number of halogens is 1. The Kier molecular flexibility index (Phi) is 3.93. The Hall–Kier alpha value is -1.06. The molecule has 2 heterocycles. The third-order valence-electron chi connectivity index (χ3n) is 4.14. The third kappa shape index (κ3) is 2.25. The lowest BCUT2D eigenvalue weighted by molar-refractivity contribution is -0.119. The lowest BCUT2D eigenvalue weighted by atomic mass is 9.75. The Bertz CT molecular complexity index is 415. The van der Waals surface area contributed by atoms with Crippen LogP contribution in [0.15, 0.2) is 30.3 Å². The normalized spacial score (nSPS) is 25.6. The van der Waals surface area contributed by atoms with Crippen molar-refractivity contribution in [3.63, 3.8) is 0 Å². The van der Waals surface area contributed by atoms with Gasteiger partial charge >= 0.3 is 0 Å². The largest absolute Gasteiger partial charge is 0.350 e. The van der Waals surface area contributed by atoms with E-state index in [1.807, 2.05) is 6.07 Å². The zero-order valence-electron chi connectivity index (χ0n) is 10.3. The Labute approximate surface area is 114 Å². The summed E-state index contributed by atoms with van der Waals surface area (Å²) in [6, 6.07) is 10.5. The number of carbonyl (C=O) groups is 1. The number of nitrogens with one attached hydrogen (secondary N) is 2. The standard InChI is InChI=1S/C14H18N2O.ClH/c17-13-10-12(11-4-2-1-3-5-11)14(16-13)6-8-15-9-7-14;/h1-5,12,15H,6-10H2,(H,16,17);1H. The molecule has 1 aromatic carbocycles. The van der Waals surface area contributed by atoms with Gasteiger partial charge in [-0.3, -0.25) is 4.79 Å². The predicted octanol–water partition coefficient (Wildman–Crippen LogP) is 1.83. The van der Waals surface area contributed by atoms with Gasteiger partial charge in [0.15, 0.2) is 0 Å². The number of amides is 1. The monoisotopic (exact) mass is 266 g/mol. The second kappa shape index (κ2) is 5.29. The van der Waals surface area contributed by atoms with E-state index in [1.165, 1.54) is 5.56 Å². The van der Waals surface area contributed by atoms with Crippen LogP contribution in [0.2, 0.25) is 0 Å². The van der Waals surface area contributed by atoms with Gasteiger partial charge in [-0.2, -0.15) is 0 Å². The second-order valence-electron chi connectivity index (χ2n) is 5.12. The molecule has 2 saturated heterocycles. The lowest BCUT2D eigenvalue weighted by Gasteiger charge is -2.39. The van der Waals surface area contributed by atoms with Gasteiger partial charge in [-0.25, -0.2) is 0 Å². The molecule has 0 aliphatic carbocycles. The minimum atomic E-state index is 0. The van der Waals surface area contributed by atoms with E-state index >= 15 is 0 Å². The van der Waals surface area contributed by atoms with Crippen molar-refractivity contribution in [2.45, 2.75) is 30.7 Å². The molecule has 1 unspecified atom stereocenters. The summed E-state index contributed by atoms with van der Waals surface area (Å²) in [6.07, 6.45) is 2.72. The van der Waals surface area contributed by atoms with Gasteiger partial charge < -0.3 is 10.6 Å². The average molecular weight is 267 g/mol. The first-order valence-corrected chi connectivity index (χ1v) is 6.37. The molecule has 1 spiro atoms. The zero-order valence-corrected chi connectivity index (χ0v) is 11.1. The van der Waals surface area contributed by atoms with E-state index in [1.54, 1.807) is 0 Å². The van der Waals surface area contributed by atoms with Crippen LogP contribution in [0.4, 0.5) is 0 Å². The highest BCUT2D eigenvalue weighted by atomic mass is 35.5. The van der Waals surface area contributed by atoms with Gasteiger partial charge in [-0.1, -0.05) is 30.3 Å². The van der Waals surface area contributed by atoms with Crippen LogP contribution in [-0.4, -0.2) is 24.5 Å². The molecule has 0 saturated carbocycles. The molecule has 1 atom stereocenters. The molecule has 18 heavy (non-hydrogen) atoms. The van der Waals surface area contributed by atoms with Crippen molar-refractivity contribution < 1.29 is 4.79 Å². The zero-order chi connectivity index (χ0) is 11.7. The minimum absolute atomic E-state index is 0. The van der Waals surface area contributed by atoms with Crippen molar-refractivity contribution in [2.75, 3.05) is 13.1 Å². The van der Waals surface area contributed by atoms with E-state index < -0.39 is 0 Å². The molecule has 2 aliphatic rings. The summed E-state index contributed by atoms with van der Waals surface area (Å²) < 4.78 is 0. The molecule has 0 radical (unpaired) electrons. The predicted molar refractivity (Wildman–Crippen MR) is 74.0 cm³/mol. The highest BCUT2D eigenvalue weighted by Gasteiger charge is 2.47. The maximum Gasteiger partial charge on any atom is 0.221 e. The fraction of sp³-hybridized carbons (Fsp3) is 0.500. The van der Waals surface area contributed by atoms with E-state index in [2.05, 4.69) is 34.9 Å². The Balaban J connectivity index is 0.00000120. The van der Waals surface area contributed by atoms with Crippen molar-refractivity contribution in [3.8, 4) is 0 Å². The van der Waals surface area contributed by atoms with E-state index in [0.29, 0.717) is 12.3 Å². The van der Waals surface area contributed by atoms with E-state index in [9.17, 15) is 4.79 Å². The maximum atomic E-state index is 11.8. The van der Waals surface area contributed by atoms with Crippen LogP contribution < -0.4 is 10.6 Å². The van der Waals surface area contributed by atoms with Gasteiger partial charge in [-0.05, 0) is 31.5 Å². The van der Waals surface area contributed by atoms with E-state index in [4.69, 9.17) is 0 Å². The summed E-state index contributed by atoms with van der Waals surface area (Å²) in [4.78, 5) is 11.8. The molecular weight excluding hydrogens is 248 g/mol. The molecule has 3 rings (SSSR count). The number of carbonyl (C=O) groups excluding carboxylic acids is 1. The van der Waals surface area contributed by atoms with Crippen molar-refractivity contribution in [2.24, 2.45) is 0 Å². The average Bonchev–Trinajstić information content (AvgIpc) is 2.68. The van der Waals surface area contributed by atoms with Crippen LogP contribution in [0.3, 0.4) is 0 Å². The highest BCUT2D eigenvalue weighted by Crippen LogP contribution is 2.41. The van der Waals surface area contributed by atoms with Crippen molar-refractivity contribution in [1.29, 1.82) is 0 Å². The smallest absolute Gasteiger partial charge is 0.221 e. The summed E-state index contributed by atoms with van der Waals surface area (Å²) in [5.41, 5.74) is 1.30. The highest BCUT2D eigenvalue weighted by molar-refractivity contribution is 5.85. The van der Waals surface area contributed by atoms with E-state index in [-0.39, 0.29) is 23.9 Å². The van der Waals surface area contributed by atoms with Gasteiger partial charge in [0, 0.05) is 17.9 Å². The van der Waals surface area contributed by atoms with Crippen molar-refractivity contribution in [1.82, 2.24) is 10.6 Å². The molecule has 1 aromatic rings. The Morgan fingerprint density at radius 1 is 1.11 bits per heavy atom. The van der Waals surface area contributed by atoms with Gasteiger partial charge in [0.1, 0.15) is 0 Å². The summed E-state index contributed by atoms with van der Waals surface area (Å²) in [7, 11) is 0. The molecular formula is C14H19ClN2O. The molecule has 0 bridgehead atoms. The maximum absolute atomic E-state index is 11.8. The fourth-order valence-electron chi connectivity index (χ4n) is 3.27. The summed E-state index contributed by atoms with van der Waals surface area (Å²) >= 11 is 0. The van der Waals surface area contributed by atoms with Crippen LogP contribution in [0.1, 0.15) is 30.7 Å². The lowest BCUT2D eigenvalue weighted by Crippen LogP contribution is -2.52. The van der Waals surface area contributed by atoms with E-state index in [0.717, 1.165) is 25.9 Å². The van der Waals surface area contributed by atoms with Crippen LogP contribution in [0.5, 0.6) is 0 Å². The summed E-state index contributed by atoms with van der Waals surface area (Å²) in [6.45, 7) is 2.01. The number of benzene rings is 1. The third-order valence-corrected chi connectivity index (χ3v) is 4.14. The van der Waals surface area contributed by atoms with Crippen LogP contribution in [0, 0.1) is 0 Å². The first-order chi connectivity index (χ1) is 8.30. The fourth-order valence-corrected chi connectivity index (χ4v) is 3.27. The van der Waals surface area contributed by atoms with Gasteiger partial charge in [0.05, 0.1) is 0 Å². The Morgan fingerprint density at radius 2 is 1.78 bits per heavy atom. The van der Waals surface area contributed by atoms with Gasteiger partial charge in [0.25, 0.3) is 0 Å². The summed E-state index contributed by atoms with van der Waals surface area (Å²) in [5.74, 6) is 0.555. The number of rotatable bonds is 1. The first-order valence-electron chi connectivity index (χ1n) is 6.37. The molecule has 2 aliphatic heterocycles. The molecule has 3 nitrogen and oxygen atoms in total. The number of piperidine rings is 1.